The molecule has 124 valence electrons. The molecule has 1 aliphatic carbocycles. The summed E-state index contributed by atoms with van der Waals surface area (Å²) in [6.45, 7) is 9.38. The molecule has 0 radical (unpaired) electrons. The fourth-order valence-corrected chi connectivity index (χ4v) is 4.21. The second-order valence-corrected chi connectivity index (χ2v) is 7.35. The van der Waals surface area contributed by atoms with E-state index in [9.17, 15) is 0 Å². The maximum atomic E-state index is 5.21. The Morgan fingerprint density at radius 1 is 1.24 bits per heavy atom. The molecular formula is C18H36N2O. The summed E-state index contributed by atoms with van der Waals surface area (Å²) in [5.41, 5.74) is 0.434. The highest BCUT2D eigenvalue weighted by Crippen LogP contribution is 2.33. The molecule has 1 spiro atoms. The molecule has 1 aliphatic heterocycles. The second-order valence-electron chi connectivity index (χ2n) is 7.35. The van der Waals surface area contributed by atoms with Crippen LogP contribution in [0.5, 0.6) is 0 Å². The van der Waals surface area contributed by atoms with Gasteiger partial charge in [0.1, 0.15) is 0 Å². The maximum Gasteiger partial charge on any atom is 0.0462 e. The average Bonchev–Trinajstić information content (AvgIpc) is 2.52. The molecule has 3 nitrogen and oxygen atoms in total. The Hall–Kier alpha value is -0.120. The predicted molar refractivity (Wildman–Crippen MR) is 89.7 cm³/mol. The van der Waals surface area contributed by atoms with Crippen molar-refractivity contribution in [1.29, 1.82) is 0 Å². The van der Waals surface area contributed by atoms with Gasteiger partial charge in [-0.3, -0.25) is 4.90 Å². The van der Waals surface area contributed by atoms with Crippen LogP contribution in [0.1, 0.15) is 65.2 Å². The van der Waals surface area contributed by atoms with E-state index in [0.717, 1.165) is 18.6 Å². The van der Waals surface area contributed by atoms with E-state index in [1.165, 1.54) is 71.0 Å². The minimum absolute atomic E-state index is 0.434. The maximum absolute atomic E-state index is 5.21. The summed E-state index contributed by atoms with van der Waals surface area (Å²) in [6.07, 6.45) is 10.8. The Morgan fingerprint density at radius 2 is 2.00 bits per heavy atom. The van der Waals surface area contributed by atoms with Gasteiger partial charge in [0.25, 0.3) is 0 Å². The van der Waals surface area contributed by atoms with E-state index in [4.69, 9.17) is 4.74 Å². The number of ether oxygens (including phenoxy) is 1. The van der Waals surface area contributed by atoms with Gasteiger partial charge in [-0.25, -0.2) is 0 Å². The smallest absolute Gasteiger partial charge is 0.0462 e. The third-order valence-corrected chi connectivity index (χ3v) is 5.82. The molecule has 0 aromatic rings. The molecule has 1 heterocycles. The van der Waals surface area contributed by atoms with Crippen LogP contribution in [0.3, 0.4) is 0 Å². The first-order valence-corrected chi connectivity index (χ1v) is 9.19. The lowest BCUT2D eigenvalue weighted by atomic mass is 9.78. The number of nitrogens with one attached hydrogen (secondary N) is 1. The molecule has 2 unspecified atom stereocenters. The topological polar surface area (TPSA) is 24.5 Å². The largest absolute Gasteiger partial charge is 0.385 e. The summed E-state index contributed by atoms with van der Waals surface area (Å²) in [4.78, 5) is 2.81. The third kappa shape index (κ3) is 4.67. The van der Waals surface area contributed by atoms with Crippen molar-refractivity contribution in [3.05, 3.63) is 0 Å². The van der Waals surface area contributed by atoms with E-state index >= 15 is 0 Å². The molecule has 1 N–H and O–H groups in total. The molecule has 0 aromatic carbocycles. The van der Waals surface area contributed by atoms with Crippen LogP contribution in [0.25, 0.3) is 0 Å². The first-order chi connectivity index (χ1) is 10.2. The quantitative estimate of drug-likeness (QED) is 0.728. The Balaban J connectivity index is 1.93. The first-order valence-electron chi connectivity index (χ1n) is 9.19. The normalized spacial score (nSPS) is 27.9. The van der Waals surface area contributed by atoms with Gasteiger partial charge in [0, 0.05) is 38.4 Å². The zero-order valence-corrected chi connectivity index (χ0v) is 14.5. The van der Waals surface area contributed by atoms with Gasteiger partial charge >= 0.3 is 0 Å². The second kappa shape index (κ2) is 8.50. The van der Waals surface area contributed by atoms with Crippen LogP contribution < -0.4 is 5.32 Å². The van der Waals surface area contributed by atoms with Crippen LogP contribution in [0.15, 0.2) is 0 Å². The number of methoxy groups -OCH3 is 1. The molecule has 0 amide bonds. The Morgan fingerprint density at radius 3 is 2.67 bits per heavy atom. The molecule has 0 bridgehead atoms. The van der Waals surface area contributed by atoms with Crippen LogP contribution in [0.2, 0.25) is 0 Å². The van der Waals surface area contributed by atoms with Crippen molar-refractivity contribution in [2.24, 2.45) is 5.92 Å². The predicted octanol–water partition coefficient (Wildman–Crippen LogP) is 3.44. The van der Waals surface area contributed by atoms with Crippen LogP contribution in [0, 0.1) is 5.92 Å². The molecule has 0 aromatic heterocycles. The first kappa shape index (κ1) is 17.2. The summed E-state index contributed by atoms with van der Waals surface area (Å²) in [5.74, 6) is 0.792. The van der Waals surface area contributed by atoms with Gasteiger partial charge in [-0.1, -0.05) is 39.5 Å². The Labute approximate surface area is 131 Å². The fraction of sp³-hybridized carbons (Fsp3) is 1.00. The molecule has 21 heavy (non-hydrogen) atoms. The zero-order valence-electron chi connectivity index (χ0n) is 14.5. The molecule has 3 heteroatoms. The van der Waals surface area contributed by atoms with Gasteiger partial charge in [0.15, 0.2) is 0 Å². The van der Waals surface area contributed by atoms with Crippen molar-refractivity contribution >= 4 is 0 Å². The van der Waals surface area contributed by atoms with Gasteiger partial charge in [-0.15, -0.1) is 0 Å². The molecule has 2 aliphatic rings. The molecular weight excluding hydrogens is 260 g/mol. The highest BCUT2D eigenvalue weighted by molar-refractivity contribution is 5.00. The van der Waals surface area contributed by atoms with Crippen LogP contribution in [-0.2, 0) is 4.74 Å². The van der Waals surface area contributed by atoms with Gasteiger partial charge in [-0.2, -0.15) is 0 Å². The fourth-order valence-electron chi connectivity index (χ4n) is 4.21. The summed E-state index contributed by atoms with van der Waals surface area (Å²) in [7, 11) is 1.81. The van der Waals surface area contributed by atoms with Crippen molar-refractivity contribution in [2.45, 2.75) is 76.8 Å². The van der Waals surface area contributed by atoms with E-state index < -0.39 is 0 Å². The highest BCUT2D eigenvalue weighted by atomic mass is 16.5. The lowest BCUT2D eigenvalue weighted by Gasteiger charge is -2.51. The zero-order chi connectivity index (χ0) is 15.1. The number of piperazine rings is 1. The molecule has 2 fully saturated rings. The van der Waals surface area contributed by atoms with Crippen LogP contribution >= 0.6 is 0 Å². The van der Waals surface area contributed by atoms with E-state index in [0.29, 0.717) is 5.54 Å². The Bertz CT molecular complexity index is 289. The van der Waals surface area contributed by atoms with Crippen molar-refractivity contribution in [3.63, 3.8) is 0 Å². The molecule has 2 rings (SSSR count). The number of hydrogen-bond donors (Lipinski definition) is 1. The van der Waals surface area contributed by atoms with Gasteiger partial charge in [0.2, 0.25) is 0 Å². The Kier molecular flexibility index (Phi) is 6.97. The van der Waals surface area contributed by atoms with Crippen molar-refractivity contribution in [2.75, 3.05) is 33.4 Å². The van der Waals surface area contributed by atoms with Gasteiger partial charge < -0.3 is 10.1 Å². The highest BCUT2D eigenvalue weighted by Gasteiger charge is 2.40. The number of rotatable bonds is 7. The molecule has 1 saturated carbocycles. The average molecular weight is 296 g/mol. The van der Waals surface area contributed by atoms with Crippen molar-refractivity contribution in [3.8, 4) is 0 Å². The lowest BCUT2D eigenvalue weighted by molar-refractivity contribution is 0.0300. The summed E-state index contributed by atoms with van der Waals surface area (Å²) >= 11 is 0. The van der Waals surface area contributed by atoms with Gasteiger partial charge in [0.05, 0.1) is 0 Å². The van der Waals surface area contributed by atoms with Crippen LogP contribution in [0.4, 0.5) is 0 Å². The summed E-state index contributed by atoms with van der Waals surface area (Å²) < 4.78 is 5.21. The van der Waals surface area contributed by atoms with Crippen molar-refractivity contribution in [1.82, 2.24) is 10.2 Å². The van der Waals surface area contributed by atoms with Crippen molar-refractivity contribution < 1.29 is 4.74 Å². The number of nitrogens with zero attached hydrogens (tertiary/aromatic N) is 1. The standard InChI is InChI=1S/C18H36N2O/c1-4-16(2)17-14-19-18(10-6-5-7-11-18)15-20(17)12-8-9-13-21-3/h16-17,19H,4-15H2,1-3H3. The van der Waals surface area contributed by atoms with Gasteiger partial charge in [-0.05, 0) is 38.1 Å². The number of hydrogen-bond acceptors (Lipinski definition) is 3. The van der Waals surface area contributed by atoms with E-state index in [-0.39, 0.29) is 0 Å². The SMILES string of the molecule is CCC(C)C1CNC2(CCCCC2)CN1CCCCOC. The molecule has 2 atom stereocenters. The monoisotopic (exact) mass is 296 g/mol. The summed E-state index contributed by atoms with van der Waals surface area (Å²) in [6, 6.07) is 0.727. The number of unbranched alkanes of at least 4 members (excludes halogenated alkanes) is 1. The molecule has 1 saturated heterocycles. The minimum atomic E-state index is 0.434. The minimum Gasteiger partial charge on any atom is -0.385 e. The van der Waals surface area contributed by atoms with Crippen LogP contribution in [-0.4, -0.2) is 49.8 Å². The van der Waals surface area contributed by atoms with E-state index in [1.54, 1.807) is 0 Å². The van der Waals surface area contributed by atoms with E-state index in [1.807, 2.05) is 7.11 Å². The summed E-state index contributed by atoms with van der Waals surface area (Å²) in [5, 5.41) is 3.96. The third-order valence-electron chi connectivity index (χ3n) is 5.82. The lowest BCUT2D eigenvalue weighted by Crippen LogP contribution is -2.66. The van der Waals surface area contributed by atoms with E-state index in [2.05, 4.69) is 24.1 Å².